The summed E-state index contributed by atoms with van der Waals surface area (Å²) in [4.78, 5) is 0. The average molecular weight is 419 g/mol. The van der Waals surface area contributed by atoms with Crippen LogP contribution < -0.4 is 0 Å². The van der Waals surface area contributed by atoms with Crippen molar-refractivity contribution in [1.29, 1.82) is 0 Å². The first-order valence-electron chi connectivity index (χ1n) is 8.76. The lowest BCUT2D eigenvalue weighted by Gasteiger charge is -2.12. The van der Waals surface area contributed by atoms with Crippen LogP contribution >= 0.6 is 15.9 Å². The standard InChI is InChI=1S/C25H20BrF/c1-19(17-20-11-5-2-6-12-20)24(22-15-9-4-10-16-22)25(26)23(27)18-21-13-7-3-8-14-21/h2-18H,1H3. The van der Waals surface area contributed by atoms with Crippen molar-refractivity contribution in [3.63, 3.8) is 0 Å². The Morgan fingerprint density at radius 2 is 1.15 bits per heavy atom. The zero-order valence-electron chi connectivity index (χ0n) is 15.1. The molecular weight excluding hydrogens is 399 g/mol. The zero-order valence-corrected chi connectivity index (χ0v) is 16.7. The average Bonchev–Trinajstić information content (AvgIpc) is 2.70. The van der Waals surface area contributed by atoms with Gasteiger partial charge < -0.3 is 0 Å². The summed E-state index contributed by atoms with van der Waals surface area (Å²) < 4.78 is 15.5. The first kappa shape index (κ1) is 19.1. The van der Waals surface area contributed by atoms with Gasteiger partial charge in [0.2, 0.25) is 0 Å². The molecule has 0 aliphatic heterocycles. The van der Waals surface area contributed by atoms with Crippen molar-refractivity contribution in [1.82, 2.24) is 0 Å². The summed E-state index contributed by atoms with van der Waals surface area (Å²) in [6, 6.07) is 29.4. The van der Waals surface area contributed by atoms with E-state index in [2.05, 4.69) is 22.0 Å². The molecule has 0 aliphatic rings. The van der Waals surface area contributed by atoms with E-state index in [1.807, 2.05) is 97.9 Å². The Morgan fingerprint density at radius 3 is 1.67 bits per heavy atom. The van der Waals surface area contributed by atoms with Gasteiger partial charge in [0.25, 0.3) is 0 Å². The van der Waals surface area contributed by atoms with Crippen LogP contribution in [0.1, 0.15) is 23.6 Å². The van der Waals surface area contributed by atoms with E-state index in [1.54, 1.807) is 6.08 Å². The molecule has 0 heterocycles. The first-order valence-corrected chi connectivity index (χ1v) is 9.56. The van der Waals surface area contributed by atoms with Crippen molar-refractivity contribution >= 4 is 33.7 Å². The molecule has 0 aliphatic carbocycles. The lowest BCUT2D eigenvalue weighted by molar-refractivity contribution is 0.672. The van der Waals surface area contributed by atoms with Gasteiger partial charge in [-0.2, -0.15) is 0 Å². The highest BCUT2D eigenvalue weighted by molar-refractivity contribution is 9.12. The number of halogens is 2. The summed E-state index contributed by atoms with van der Waals surface area (Å²) in [5.74, 6) is -0.305. The van der Waals surface area contributed by atoms with Gasteiger partial charge in [0.05, 0.1) is 4.48 Å². The zero-order chi connectivity index (χ0) is 19.1. The summed E-state index contributed by atoms with van der Waals surface area (Å²) in [7, 11) is 0. The number of benzene rings is 3. The SMILES string of the molecule is CC(=Cc1ccccc1)C(=C(Br)C(F)=Cc1ccccc1)c1ccccc1. The number of hydrogen-bond donors (Lipinski definition) is 0. The molecule has 3 rings (SSSR count). The van der Waals surface area contributed by atoms with E-state index >= 15 is 4.39 Å². The molecule has 0 atom stereocenters. The van der Waals surface area contributed by atoms with Crippen molar-refractivity contribution in [3.8, 4) is 0 Å². The molecule has 27 heavy (non-hydrogen) atoms. The van der Waals surface area contributed by atoms with E-state index < -0.39 is 0 Å². The van der Waals surface area contributed by atoms with Crippen LogP contribution in [0.2, 0.25) is 0 Å². The van der Waals surface area contributed by atoms with Gasteiger partial charge in [-0.15, -0.1) is 0 Å². The smallest absolute Gasteiger partial charge is 0.138 e. The van der Waals surface area contributed by atoms with E-state index in [4.69, 9.17) is 0 Å². The summed E-state index contributed by atoms with van der Waals surface area (Å²) in [6.07, 6.45) is 3.61. The van der Waals surface area contributed by atoms with Gasteiger partial charge in [0, 0.05) is 5.57 Å². The van der Waals surface area contributed by atoms with Crippen molar-refractivity contribution in [2.75, 3.05) is 0 Å². The third-order valence-corrected chi connectivity index (χ3v) is 4.94. The normalized spacial score (nSPS) is 13.3. The maximum atomic E-state index is 15.0. The van der Waals surface area contributed by atoms with Crippen LogP contribution in [0.25, 0.3) is 17.7 Å². The Morgan fingerprint density at radius 1 is 0.704 bits per heavy atom. The number of rotatable bonds is 5. The quantitative estimate of drug-likeness (QED) is 0.369. The lowest BCUT2D eigenvalue weighted by Crippen LogP contribution is -1.91. The van der Waals surface area contributed by atoms with E-state index in [-0.39, 0.29) is 5.83 Å². The molecule has 2 heteroatoms. The van der Waals surface area contributed by atoms with Crippen LogP contribution in [0.5, 0.6) is 0 Å². The molecule has 0 saturated heterocycles. The van der Waals surface area contributed by atoms with E-state index in [0.717, 1.165) is 27.8 Å². The second-order valence-electron chi connectivity index (χ2n) is 6.20. The minimum absolute atomic E-state index is 0.305. The first-order chi connectivity index (χ1) is 13.1. The van der Waals surface area contributed by atoms with Gasteiger partial charge in [-0.1, -0.05) is 97.1 Å². The van der Waals surface area contributed by atoms with E-state index in [9.17, 15) is 0 Å². The summed E-state index contributed by atoms with van der Waals surface area (Å²) >= 11 is 3.51. The molecule has 0 fully saturated rings. The molecule has 3 aromatic rings. The van der Waals surface area contributed by atoms with Crippen LogP contribution in [-0.2, 0) is 0 Å². The molecule has 0 bridgehead atoms. The molecule has 0 N–H and O–H groups in total. The highest BCUT2D eigenvalue weighted by Gasteiger charge is 2.13. The maximum Gasteiger partial charge on any atom is 0.138 e. The van der Waals surface area contributed by atoms with Gasteiger partial charge in [-0.05, 0) is 51.2 Å². The van der Waals surface area contributed by atoms with Gasteiger partial charge >= 0.3 is 0 Å². The predicted octanol–water partition coefficient (Wildman–Crippen LogP) is 7.91. The van der Waals surface area contributed by atoms with Gasteiger partial charge in [0.1, 0.15) is 5.83 Å². The fraction of sp³-hybridized carbons (Fsp3) is 0.0400. The number of hydrogen-bond acceptors (Lipinski definition) is 0. The highest BCUT2D eigenvalue weighted by Crippen LogP contribution is 2.36. The summed E-state index contributed by atoms with van der Waals surface area (Å²) in [5, 5.41) is 0. The monoisotopic (exact) mass is 418 g/mol. The minimum atomic E-state index is -0.305. The van der Waals surface area contributed by atoms with Crippen LogP contribution in [-0.4, -0.2) is 0 Å². The molecule has 3 aromatic carbocycles. The second-order valence-corrected chi connectivity index (χ2v) is 6.99. The molecular formula is C25H20BrF. The third-order valence-electron chi connectivity index (χ3n) is 4.16. The van der Waals surface area contributed by atoms with Crippen LogP contribution in [0.15, 0.2) is 107 Å². The Labute approximate surface area is 168 Å². The predicted molar refractivity (Wildman–Crippen MR) is 118 cm³/mol. The van der Waals surface area contributed by atoms with Gasteiger partial charge in [-0.3, -0.25) is 0 Å². The molecule has 0 unspecified atom stereocenters. The van der Waals surface area contributed by atoms with Crippen LogP contribution in [0.3, 0.4) is 0 Å². The topological polar surface area (TPSA) is 0 Å². The Hall–Kier alpha value is -2.71. The minimum Gasteiger partial charge on any atom is -0.206 e. The van der Waals surface area contributed by atoms with Gasteiger partial charge in [-0.25, -0.2) is 4.39 Å². The summed E-state index contributed by atoms with van der Waals surface area (Å²) in [5.41, 5.74) is 4.69. The maximum absolute atomic E-state index is 15.0. The second kappa shape index (κ2) is 9.29. The van der Waals surface area contributed by atoms with Crippen LogP contribution in [0, 0.1) is 0 Å². The molecule has 0 spiro atoms. The van der Waals surface area contributed by atoms with E-state index in [0.29, 0.717) is 4.48 Å². The van der Waals surface area contributed by atoms with Crippen molar-refractivity contribution in [2.24, 2.45) is 0 Å². The molecule has 0 nitrogen and oxygen atoms in total. The van der Waals surface area contributed by atoms with Crippen LogP contribution in [0.4, 0.5) is 4.39 Å². The van der Waals surface area contributed by atoms with Gasteiger partial charge in [0.15, 0.2) is 0 Å². The van der Waals surface area contributed by atoms with Crippen molar-refractivity contribution < 1.29 is 4.39 Å². The third kappa shape index (κ3) is 5.15. The number of allylic oxidation sites excluding steroid dienone is 4. The molecule has 134 valence electrons. The summed E-state index contributed by atoms with van der Waals surface area (Å²) in [6.45, 7) is 2.01. The molecule has 0 amide bonds. The fourth-order valence-corrected chi connectivity index (χ4v) is 3.54. The van der Waals surface area contributed by atoms with Crippen molar-refractivity contribution in [3.05, 3.63) is 124 Å². The van der Waals surface area contributed by atoms with E-state index in [1.165, 1.54) is 0 Å². The Kier molecular flexibility index (Phi) is 6.56. The fourth-order valence-electron chi connectivity index (χ4n) is 2.88. The Bertz CT molecular complexity index is 969. The molecule has 0 aromatic heterocycles. The lowest BCUT2D eigenvalue weighted by atomic mass is 9.96. The Balaban J connectivity index is 2.10. The molecule has 0 saturated carbocycles. The molecule has 0 radical (unpaired) electrons. The van der Waals surface area contributed by atoms with Crippen molar-refractivity contribution in [2.45, 2.75) is 6.92 Å². The largest absolute Gasteiger partial charge is 0.206 e. The highest BCUT2D eigenvalue weighted by atomic mass is 79.9.